The van der Waals surface area contributed by atoms with Gasteiger partial charge in [-0.05, 0) is 57.8 Å². The Morgan fingerprint density at radius 1 is 0.367 bits per heavy atom. The predicted molar refractivity (Wildman–Crippen MR) is 231 cm³/mol. The van der Waals surface area contributed by atoms with E-state index in [1.54, 1.807) is 0 Å². The first-order valence-electron chi connectivity index (χ1n) is 17.7. The summed E-state index contributed by atoms with van der Waals surface area (Å²) in [5.41, 5.74) is -3.06. The van der Waals surface area contributed by atoms with Gasteiger partial charge in [-0.25, -0.2) is 42.5 Å². The highest BCUT2D eigenvalue weighted by atomic mass is 16.6. The summed E-state index contributed by atoms with van der Waals surface area (Å²) in [7, 11) is 0. The van der Waals surface area contributed by atoms with Gasteiger partial charge in [0.25, 0.3) is 0 Å². The molecule has 0 saturated heterocycles. The molecule has 18 nitrogen and oxygen atoms in total. The van der Waals surface area contributed by atoms with Gasteiger partial charge in [0.2, 0.25) is 0 Å². The van der Waals surface area contributed by atoms with Gasteiger partial charge in [-0.2, -0.15) is 0 Å². The van der Waals surface area contributed by atoms with E-state index in [-0.39, 0.29) is 103 Å². The highest BCUT2D eigenvalue weighted by molar-refractivity contribution is 5.81. The summed E-state index contributed by atoms with van der Waals surface area (Å²) in [4.78, 5) is 110. The Kier molecular flexibility index (Phi) is 44.4. The zero-order valence-electron chi connectivity index (χ0n) is 30.7. The predicted octanol–water partition coefficient (Wildman–Crippen LogP) is 5.49. The van der Waals surface area contributed by atoms with E-state index in [0.29, 0.717) is 71.5 Å². The number of ether oxygens (including phenoxy) is 6. The van der Waals surface area contributed by atoms with Crippen LogP contribution in [0.15, 0.2) is 52.3 Å². The van der Waals surface area contributed by atoms with Crippen LogP contribution in [0, 0.1) is 0 Å². The van der Waals surface area contributed by atoms with Gasteiger partial charge in [-0.1, -0.05) is 64.3 Å². The van der Waals surface area contributed by atoms with Crippen LogP contribution in [-0.2, 0) is 76.8 Å². The Morgan fingerprint density at radius 3 is 0.817 bits per heavy atom. The van der Waals surface area contributed by atoms with Gasteiger partial charge in [0, 0.05) is 37.5 Å². The third-order valence-electron chi connectivity index (χ3n) is 7.43. The quantitative estimate of drug-likeness (QED) is 0.0404. The number of aromatic nitrogens is 3. The van der Waals surface area contributed by atoms with Crippen molar-refractivity contribution in [1.29, 1.82) is 0 Å². The Balaban J connectivity index is -0.00000121. The topological polar surface area (TPSA) is 224 Å². The van der Waals surface area contributed by atoms with Crippen LogP contribution < -0.4 is 17.1 Å². The minimum Gasteiger partial charge on any atom is -0.464 e. The van der Waals surface area contributed by atoms with E-state index >= 15 is 0 Å². The maximum absolute atomic E-state index is 13.3. The summed E-state index contributed by atoms with van der Waals surface area (Å²) < 4.78 is 32.2. The molecule has 1 aromatic rings. The molecule has 348 valence electrons. The highest BCUT2D eigenvalue weighted by Gasteiger charge is 2.17. The van der Waals surface area contributed by atoms with E-state index < -0.39 is 72.5 Å². The Hall–Kier alpha value is -5.55. The summed E-state index contributed by atoms with van der Waals surface area (Å²) >= 11 is 0. The number of unbranched alkanes of at least 4 members (excludes halogenated alkanes) is 6. The van der Waals surface area contributed by atoms with Crippen LogP contribution in [-0.4, -0.2) is 89.2 Å². The molecule has 60 heavy (non-hydrogen) atoms. The third kappa shape index (κ3) is 28.8. The number of nitrogens with zero attached hydrogens (tertiary/aromatic N) is 3. The van der Waals surface area contributed by atoms with E-state index in [9.17, 15) is 43.2 Å². The number of rotatable bonds is 30. The van der Waals surface area contributed by atoms with Crippen molar-refractivity contribution in [2.75, 3.05) is 39.6 Å². The maximum atomic E-state index is 13.3. The number of hydrogen-bond donors (Lipinski definition) is 0. The molecular weight excluding hydrogens is 786 g/mol. The molecule has 0 aliphatic carbocycles. The van der Waals surface area contributed by atoms with Crippen LogP contribution in [0.3, 0.4) is 0 Å². The number of carbonyl (C=O) groups excluding carboxylic acids is 6. The molecule has 0 aromatic carbocycles. The first-order valence-corrected chi connectivity index (χ1v) is 17.7. The molecule has 1 heterocycles. The third-order valence-corrected chi connectivity index (χ3v) is 7.43. The molecule has 0 amide bonds. The highest BCUT2D eigenvalue weighted by Crippen LogP contribution is 2.04. The minimum atomic E-state index is -1.02. The summed E-state index contributed by atoms with van der Waals surface area (Å²) in [5.74, 6) is -3.39. The fraction of sp³-hybridized carbons (Fsp3) is 0.643. The minimum absolute atomic E-state index is 0. The van der Waals surface area contributed by atoms with Gasteiger partial charge in [-0.3, -0.25) is 14.4 Å². The Morgan fingerprint density at radius 2 is 0.600 bits per heavy atom. The molecular formula is C42H75N3O15. The molecule has 0 fully saturated rings. The average Bonchev–Trinajstić information content (AvgIpc) is 3.16. The molecule has 0 radical (unpaired) electrons. The second kappa shape index (κ2) is 40.2. The van der Waals surface area contributed by atoms with Crippen LogP contribution in [0.1, 0.15) is 122 Å². The van der Waals surface area contributed by atoms with E-state index in [4.69, 9.17) is 28.4 Å². The Bertz CT molecular complexity index is 1390. The molecule has 1 aromatic heterocycles. The maximum Gasteiger partial charge on any atom is 0.336 e. The van der Waals surface area contributed by atoms with Crippen molar-refractivity contribution >= 4 is 35.8 Å². The standard InChI is InChI=1S/C36H51N3O15.6CH4/c1-4-28(40)49-22-13-7-10-16-31(43)52-25-19-37-34(46)38(20-26-53-32(44)17-11-8-14-23-50-29(41)5-2)36(48)39(35(37)47)21-27-54-33(45)18-12-9-15-24-51-30(42)6-3;;;;;;/h4-6H,1-3,7-27H2;6*1H4. The normalized spacial score (nSPS) is 9.40. The van der Waals surface area contributed by atoms with Crippen molar-refractivity contribution in [3.63, 3.8) is 0 Å². The lowest BCUT2D eigenvalue weighted by Crippen LogP contribution is -2.55. The summed E-state index contributed by atoms with van der Waals surface area (Å²) in [6.07, 6.45) is 7.88. The van der Waals surface area contributed by atoms with Gasteiger partial charge in [0.1, 0.15) is 19.8 Å². The molecule has 0 unspecified atom stereocenters. The van der Waals surface area contributed by atoms with E-state index in [2.05, 4.69) is 19.7 Å². The van der Waals surface area contributed by atoms with Crippen LogP contribution in [0.2, 0.25) is 0 Å². The fourth-order valence-corrected chi connectivity index (χ4v) is 4.56. The zero-order valence-corrected chi connectivity index (χ0v) is 30.7. The lowest BCUT2D eigenvalue weighted by molar-refractivity contribution is -0.145. The van der Waals surface area contributed by atoms with Crippen LogP contribution >= 0.6 is 0 Å². The second-order valence-corrected chi connectivity index (χ2v) is 11.5. The van der Waals surface area contributed by atoms with Gasteiger partial charge in [0.05, 0.1) is 39.5 Å². The molecule has 0 N–H and O–H groups in total. The zero-order chi connectivity index (χ0) is 40.1. The molecule has 18 heteroatoms. The van der Waals surface area contributed by atoms with Crippen molar-refractivity contribution in [3.05, 3.63) is 69.4 Å². The van der Waals surface area contributed by atoms with Gasteiger partial charge in [-0.15, -0.1) is 0 Å². The van der Waals surface area contributed by atoms with Crippen LogP contribution in [0.25, 0.3) is 0 Å². The first kappa shape index (κ1) is 66.3. The van der Waals surface area contributed by atoms with E-state index in [0.717, 1.165) is 18.2 Å². The van der Waals surface area contributed by atoms with Gasteiger partial charge < -0.3 is 28.4 Å². The Labute approximate surface area is 356 Å². The lowest BCUT2D eigenvalue weighted by atomic mass is 10.2. The fourth-order valence-electron chi connectivity index (χ4n) is 4.56. The smallest absolute Gasteiger partial charge is 0.336 e. The summed E-state index contributed by atoms with van der Waals surface area (Å²) in [6.45, 7) is 8.14. The van der Waals surface area contributed by atoms with Crippen molar-refractivity contribution in [3.8, 4) is 0 Å². The SMILES string of the molecule is C.C.C.C.C.C.C=CC(=O)OCCCCCC(=O)OCCn1c(=O)n(CCOC(=O)CCCCCOC(=O)C=C)c(=O)n(CCOC(=O)CCCCCOC(=O)C=C)c1=O. The van der Waals surface area contributed by atoms with Gasteiger partial charge >= 0.3 is 52.9 Å². The summed E-state index contributed by atoms with van der Waals surface area (Å²) in [5, 5.41) is 0. The molecule has 0 spiro atoms. The number of carbonyl (C=O) groups is 6. The van der Waals surface area contributed by atoms with Crippen molar-refractivity contribution in [1.82, 2.24) is 13.7 Å². The van der Waals surface area contributed by atoms with Crippen molar-refractivity contribution in [2.24, 2.45) is 0 Å². The first-order chi connectivity index (χ1) is 25.9. The summed E-state index contributed by atoms with van der Waals surface area (Å²) in [6, 6.07) is 0. The van der Waals surface area contributed by atoms with E-state index in [1.807, 2.05) is 0 Å². The van der Waals surface area contributed by atoms with Crippen LogP contribution in [0.5, 0.6) is 0 Å². The molecule has 0 aliphatic rings. The monoisotopic (exact) mass is 862 g/mol. The number of hydrogen-bond acceptors (Lipinski definition) is 15. The number of esters is 6. The van der Waals surface area contributed by atoms with Gasteiger partial charge in [0.15, 0.2) is 0 Å². The van der Waals surface area contributed by atoms with Crippen LogP contribution in [0.4, 0.5) is 0 Å². The lowest BCUT2D eigenvalue weighted by Gasteiger charge is -2.14. The molecule has 0 aliphatic heterocycles. The second-order valence-electron chi connectivity index (χ2n) is 11.5. The van der Waals surface area contributed by atoms with E-state index in [1.165, 1.54) is 0 Å². The largest absolute Gasteiger partial charge is 0.464 e. The molecule has 1 rings (SSSR count). The molecule has 0 atom stereocenters. The average molecular weight is 862 g/mol. The van der Waals surface area contributed by atoms with Crippen molar-refractivity contribution < 1.29 is 57.2 Å². The van der Waals surface area contributed by atoms with Crippen molar-refractivity contribution in [2.45, 2.75) is 141 Å². The molecule has 0 saturated carbocycles. The molecule has 0 bridgehead atoms.